The van der Waals surface area contributed by atoms with Crippen molar-refractivity contribution in [3.63, 3.8) is 0 Å². The maximum absolute atomic E-state index is 12.6. The number of nitrogens with one attached hydrogen (secondary N) is 1. The lowest BCUT2D eigenvalue weighted by Crippen LogP contribution is -2.29. The van der Waals surface area contributed by atoms with Crippen LogP contribution in [-0.4, -0.2) is 54.1 Å². The summed E-state index contributed by atoms with van der Waals surface area (Å²) >= 11 is 6.99. The van der Waals surface area contributed by atoms with Crippen molar-refractivity contribution in [2.24, 2.45) is 0 Å². The molecule has 0 aliphatic heterocycles. The van der Waals surface area contributed by atoms with E-state index in [4.69, 9.17) is 9.47 Å². The fourth-order valence-electron chi connectivity index (χ4n) is 3.62. The molecule has 0 heterocycles. The molecule has 0 saturated carbocycles. The highest BCUT2D eigenvalue weighted by molar-refractivity contribution is 9.10. The molecular weight excluding hydrogens is 606 g/mol. The van der Waals surface area contributed by atoms with Crippen LogP contribution in [0.5, 0.6) is 0 Å². The number of hydrogen-bond acceptors (Lipinski definition) is 6. The molecule has 40 heavy (non-hydrogen) atoms. The number of rotatable bonds is 15. The highest BCUT2D eigenvalue weighted by Crippen LogP contribution is 2.32. The Morgan fingerprint density at radius 1 is 0.800 bits per heavy atom. The number of carbonyl (C=O) groups is 2. The molecule has 0 aliphatic rings. The number of ether oxygens (including phenoxy) is 2. The van der Waals surface area contributed by atoms with Gasteiger partial charge in [-0.05, 0) is 69.7 Å². The number of hydrogen-bond donors (Lipinski definition) is 1. The normalized spacial score (nSPS) is 11.4. The number of thioether (sulfide) groups is 2. The van der Waals surface area contributed by atoms with Gasteiger partial charge in [-0.25, -0.2) is 0 Å². The van der Waals surface area contributed by atoms with E-state index in [1.54, 1.807) is 13.8 Å². The first-order valence-electron chi connectivity index (χ1n) is 13.3. The van der Waals surface area contributed by atoms with Gasteiger partial charge in [-0.1, -0.05) is 63.5 Å². The maximum Gasteiger partial charge on any atom is 0.322 e. The fourth-order valence-corrected chi connectivity index (χ4v) is 5.94. The van der Waals surface area contributed by atoms with Gasteiger partial charge in [0.1, 0.15) is 10.9 Å². The van der Waals surface area contributed by atoms with E-state index in [2.05, 4.69) is 95.8 Å². The van der Waals surface area contributed by atoms with E-state index in [1.807, 2.05) is 35.7 Å². The Balaban J connectivity index is 1.50. The van der Waals surface area contributed by atoms with Gasteiger partial charge in [0.25, 0.3) is 5.91 Å². The zero-order valence-corrected chi connectivity index (χ0v) is 26.8. The first-order valence-corrected chi connectivity index (χ1v) is 16.1. The summed E-state index contributed by atoms with van der Waals surface area (Å²) in [6.45, 7) is 8.84. The van der Waals surface area contributed by atoms with Crippen molar-refractivity contribution in [3.05, 3.63) is 95.1 Å². The molecule has 0 radical (unpaired) electrons. The first-order chi connectivity index (χ1) is 19.1. The minimum atomic E-state index is -0.712. The number of halogens is 1. The molecule has 0 spiro atoms. The van der Waals surface area contributed by atoms with Gasteiger partial charge in [-0.3, -0.25) is 9.59 Å². The van der Waals surface area contributed by atoms with Gasteiger partial charge in [0.2, 0.25) is 0 Å². The molecule has 8 heteroatoms. The van der Waals surface area contributed by atoms with Crippen LogP contribution in [0.4, 0.5) is 0 Å². The fraction of sp³-hybridized carbons (Fsp3) is 0.375. The Kier molecular flexibility index (Phi) is 13.1. The van der Waals surface area contributed by atoms with Crippen LogP contribution < -0.4 is 5.32 Å². The summed E-state index contributed by atoms with van der Waals surface area (Å²) in [5, 5.41) is 2.89. The summed E-state index contributed by atoms with van der Waals surface area (Å²) in [4.78, 5) is 26.9. The molecule has 1 N–H and O–H groups in total. The Hall–Kier alpha value is -2.26. The van der Waals surface area contributed by atoms with Crippen molar-refractivity contribution < 1.29 is 19.1 Å². The quantitative estimate of drug-likeness (QED) is 0.0804. The Labute approximate surface area is 255 Å². The third-order valence-corrected chi connectivity index (χ3v) is 8.74. The minimum absolute atomic E-state index is 0.137. The number of aryl methyl sites for hydroxylation is 2. The lowest BCUT2D eigenvalue weighted by Gasteiger charge is -2.18. The summed E-state index contributed by atoms with van der Waals surface area (Å²) in [7, 11) is 0. The van der Waals surface area contributed by atoms with Crippen LogP contribution in [0.3, 0.4) is 0 Å². The molecule has 0 atom stereocenters. The monoisotopic (exact) mass is 643 g/mol. The number of amides is 1. The van der Waals surface area contributed by atoms with E-state index in [-0.39, 0.29) is 25.1 Å². The molecule has 0 bridgehead atoms. The molecule has 0 unspecified atom stereocenters. The van der Waals surface area contributed by atoms with E-state index < -0.39 is 4.32 Å². The van der Waals surface area contributed by atoms with Gasteiger partial charge >= 0.3 is 5.97 Å². The molecule has 3 aromatic rings. The number of carbonyl (C=O) groups excluding carboxylic acids is 2. The van der Waals surface area contributed by atoms with Crippen LogP contribution in [0.2, 0.25) is 0 Å². The van der Waals surface area contributed by atoms with Crippen molar-refractivity contribution in [2.75, 3.05) is 37.9 Å². The van der Waals surface area contributed by atoms with Crippen molar-refractivity contribution in [1.29, 1.82) is 0 Å². The van der Waals surface area contributed by atoms with E-state index >= 15 is 0 Å². The molecule has 1 amide bonds. The molecule has 0 saturated heterocycles. The molecule has 0 aliphatic carbocycles. The minimum Gasteiger partial charge on any atom is -0.462 e. The second-order valence-corrected chi connectivity index (χ2v) is 14.2. The standard InChI is InChI=1S/C32H38BrNO4S2/c1-23-5-13-28(14-6-23)39-21-27(22-40-29-15-7-24(2)8-16-29)25-9-11-26(12-10-25)30(35)34-17-18-37-19-20-38-31(36)32(3,4)33/h5-16,27H,17-22H2,1-4H3,(H,34,35). The predicted molar refractivity (Wildman–Crippen MR) is 170 cm³/mol. The van der Waals surface area contributed by atoms with Crippen LogP contribution in [-0.2, 0) is 14.3 Å². The molecule has 3 aromatic carbocycles. The van der Waals surface area contributed by atoms with Crippen LogP contribution >= 0.6 is 39.5 Å². The van der Waals surface area contributed by atoms with Gasteiger partial charge in [-0.15, -0.1) is 23.5 Å². The summed E-state index contributed by atoms with van der Waals surface area (Å²) in [6, 6.07) is 25.2. The Bertz CT molecular complexity index is 1160. The predicted octanol–water partition coefficient (Wildman–Crippen LogP) is 7.43. The van der Waals surface area contributed by atoms with Crippen LogP contribution in [0, 0.1) is 13.8 Å². The first kappa shape index (κ1) is 32.3. The van der Waals surface area contributed by atoms with E-state index in [9.17, 15) is 9.59 Å². The molecule has 214 valence electrons. The molecular formula is C32H38BrNO4S2. The Morgan fingerprint density at radius 2 is 1.32 bits per heavy atom. The molecule has 5 nitrogen and oxygen atoms in total. The summed E-state index contributed by atoms with van der Waals surface area (Å²) in [5.41, 5.74) is 4.36. The summed E-state index contributed by atoms with van der Waals surface area (Å²) in [6.07, 6.45) is 0. The second kappa shape index (κ2) is 16.2. The lowest BCUT2D eigenvalue weighted by atomic mass is 10.0. The zero-order valence-electron chi connectivity index (χ0n) is 23.6. The maximum atomic E-state index is 12.6. The van der Waals surface area contributed by atoms with Crippen molar-refractivity contribution >= 4 is 51.3 Å². The van der Waals surface area contributed by atoms with Crippen molar-refractivity contribution in [1.82, 2.24) is 5.32 Å². The molecule has 0 fully saturated rings. The average Bonchev–Trinajstić information content (AvgIpc) is 2.93. The smallest absolute Gasteiger partial charge is 0.322 e. The number of benzene rings is 3. The SMILES string of the molecule is Cc1ccc(SCC(CSc2ccc(C)cc2)c2ccc(C(=O)NCCOCCOC(=O)C(C)(C)Br)cc2)cc1. The largest absolute Gasteiger partial charge is 0.462 e. The van der Waals surface area contributed by atoms with Crippen molar-refractivity contribution in [2.45, 2.75) is 47.7 Å². The van der Waals surface area contributed by atoms with Gasteiger partial charge in [0.05, 0.1) is 13.2 Å². The zero-order chi connectivity index (χ0) is 29.0. The molecule has 3 rings (SSSR count). The second-order valence-electron chi connectivity index (χ2n) is 10.0. The molecule has 0 aromatic heterocycles. The van der Waals surface area contributed by atoms with Gasteiger partial charge in [0.15, 0.2) is 0 Å². The van der Waals surface area contributed by atoms with Crippen LogP contribution in [0.1, 0.15) is 46.8 Å². The van der Waals surface area contributed by atoms with Gasteiger partial charge < -0.3 is 14.8 Å². The Morgan fingerprint density at radius 3 is 1.82 bits per heavy atom. The lowest BCUT2D eigenvalue weighted by molar-refractivity contribution is -0.146. The van der Waals surface area contributed by atoms with E-state index in [0.29, 0.717) is 24.6 Å². The topological polar surface area (TPSA) is 64.6 Å². The van der Waals surface area contributed by atoms with E-state index in [0.717, 1.165) is 11.5 Å². The van der Waals surface area contributed by atoms with E-state index in [1.165, 1.54) is 26.5 Å². The third-order valence-electron chi connectivity index (χ3n) is 6.07. The third kappa shape index (κ3) is 11.3. The van der Waals surface area contributed by atoms with Crippen LogP contribution in [0.25, 0.3) is 0 Å². The van der Waals surface area contributed by atoms with Gasteiger partial charge in [-0.2, -0.15) is 0 Å². The van der Waals surface area contributed by atoms with Gasteiger partial charge in [0, 0.05) is 39.3 Å². The number of alkyl halides is 1. The summed E-state index contributed by atoms with van der Waals surface area (Å²) in [5.74, 6) is 1.76. The van der Waals surface area contributed by atoms with Crippen molar-refractivity contribution in [3.8, 4) is 0 Å². The number of esters is 1. The summed E-state index contributed by atoms with van der Waals surface area (Å²) < 4.78 is 9.88. The highest BCUT2D eigenvalue weighted by atomic mass is 79.9. The van der Waals surface area contributed by atoms with Crippen LogP contribution in [0.15, 0.2) is 82.6 Å². The average molecular weight is 645 g/mol. The highest BCUT2D eigenvalue weighted by Gasteiger charge is 2.25.